The van der Waals surface area contributed by atoms with Gasteiger partial charge in [-0.1, -0.05) is 0 Å². The van der Waals surface area contributed by atoms with Crippen LogP contribution in [-0.2, 0) is 16.1 Å². The van der Waals surface area contributed by atoms with E-state index in [1.54, 1.807) is 0 Å². The van der Waals surface area contributed by atoms with Gasteiger partial charge in [-0.05, 0) is 6.07 Å². The van der Waals surface area contributed by atoms with E-state index in [4.69, 9.17) is 9.47 Å². The first-order valence-corrected chi connectivity index (χ1v) is 4.49. The van der Waals surface area contributed by atoms with Gasteiger partial charge in [0.1, 0.15) is 11.9 Å². The third-order valence-corrected chi connectivity index (χ3v) is 2.05. The van der Waals surface area contributed by atoms with Crippen LogP contribution in [0.5, 0.6) is 0 Å². The fourth-order valence-electron chi connectivity index (χ4n) is 1.14. The number of ether oxygens (including phenoxy) is 2. The van der Waals surface area contributed by atoms with Crippen LogP contribution in [0, 0.1) is 17.5 Å². The number of benzene rings is 1. The minimum atomic E-state index is -1.19. The molecule has 0 saturated carbocycles. The van der Waals surface area contributed by atoms with E-state index in [9.17, 15) is 13.2 Å². The summed E-state index contributed by atoms with van der Waals surface area (Å²) in [6.45, 7) is 0.904. The van der Waals surface area contributed by atoms with E-state index >= 15 is 0 Å². The minimum Gasteiger partial charge on any atom is -0.374 e. The molecule has 0 aliphatic carbocycles. The molecule has 0 amide bonds. The standard InChI is InChI=1S/C10H9F3O2/c11-8-2-10(13)9(12)1-6(8)3-14-4-7-5-15-7/h1-2,7H,3-5H2. The van der Waals surface area contributed by atoms with Gasteiger partial charge in [0.2, 0.25) is 0 Å². The van der Waals surface area contributed by atoms with Gasteiger partial charge in [-0.15, -0.1) is 0 Å². The average Bonchev–Trinajstić information content (AvgIpc) is 2.97. The molecule has 0 aromatic heterocycles. The normalized spacial score (nSPS) is 19.3. The summed E-state index contributed by atoms with van der Waals surface area (Å²) >= 11 is 0. The number of hydrogen-bond acceptors (Lipinski definition) is 2. The zero-order valence-corrected chi connectivity index (χ0v) is 7.80. The second-order valence-electron chi connectivity index (χ2n) is 3.33. The maximum atomic E-state index is 13.1. The van der Waals surface area contributed by atoms with Crippen LogP contribution in [-0.4, -0.2) is 19.3 Å². The first kappa shape index (κ1) is 10.4. The molecule has 1 saturated heterocycles. The van der Waals surface area contributed by atoms with Crippen molar-refractivity contribution in [2.75, 3.05) is 13.2 Å². The van der Waals surface area contributed by atoms with Gasteiger partial charge in [-0.2, -0.15) is 0 Å². The van der Waals surface area contributed by atoms with Crippen molar-refractivity contribution in [2.45, 2.75) is 12.7 Å². The molecule has 1 atom stereocenters. The molecule has 15 heavy (non-hydrogen) atoms. The summed E-state index contributed by atoms with van der Waals surface area (Å²) in [5, 5.41) is 0. The lowest BCUT2D eigenvalue weighted by molar-refractivity contribution is 0.102. The Bertz CT molecular complexity index is 364. The summed E-state index contributed by atoms with van der Waals surface area (Å²) in [6.07, 6.45) is 0.0679. The SMILES string of the molecule is Fc1cc(F)c(COCC2CO2)cc1F. The lowest BCUT2D eigenvalue weighted by Gasteiger charge is -2.04. The Kier molecular flexibility index (Phi) is 2.93. The van der Waals surface area contributed by atoms with E-state index in [-0.39, 0.29) is 18.3 Å². The van der Waals surface area contributed by atoms with Gasteiger partial charge in [0.25, 0.3) is 0 Å². The highest BCUT2D eigenvalue weighted by molar-refractivity contribution is 5.19. The Morgan fingerprint density at radius 1 is 1.20 bits per heavy atom. The fraction of sp³-hybridized carbons (Fsp3) is 0.400. The van der Waals surface area contributed by atoms with Gasteiger partial charge in [0.15, 0.2) is 11.6 Å². The van der Waals surface area contributed by atoms with Crippen LogP contribution in [0.1, 0.15) is 5.56 Å². The van der Waals surface area contributed by atoms with Crippen LogP contribution in [0.25, 0.3) is 0 Å². The van der Waals surface area contributed by atoms with Crippen molar-refractivity contribution in [1.82, 2.24) is 0 Å². The highest BCUT2D eigenvalue weighted by atomic mass is 19.2. The van der Waals surface area contributed by atoms with Crippen molar-refractivity contribution in [3.63, 3.8) is 0 Å². The third kappa shape index (κ3) is 2.70. The zero-order valence-electron chi connectivity index (χ0n) is 7.80. The van der Waals surface area contributed by atoms with E-state index in [0.717, 1.165) is 6.07 Å². The molecule has 1 aromatic carbocycles. The van der Waals surface area contributed by atoms with Gasteiger partial charge in [-0.3, -0.25) is 0 Å². The summed E-state index contributed by atoms with van der Waals surface area (Å²) in [6, 6.07) is 1.32. The minimum absolute atomic E-state index is 0.00884. The van der Waals surface area contributed by atoms with Crippen LogP contribution in [0.4, 0.5) is 13.2 Å². The van der Waals surface area contributed by atoms with E-state index in [0.29, 0.717) is 19.3 Å². The van der Waals surface area contributed by atoms with Crippen molar-refractivity contribution >= 4 is 0 Å². The van der Waals surface area contributed by atoms with Crippen molar-refractivity contribution in [3.05, 3.63) is 35.1 Å². The van der Waals surface area contributed by atoms with Crippen molar-refractivity contribution in [3.8, 4) is 0 Å². The molecule has 1 aromatic rings. The molecular formula is C10H9F3O2. The molecule has 0 N–H and O–H groups in total. The highest BCUT2D eigenvalue weighted by Gasteiger charge is 2.22. The summed E-state index contributed by atoms with van der Waals surface area (Å²) in [7, 11) is 0. The summed E-state index contributed by atoms with van der Waals surface area (Å²) in [5.74, 6) is -3.06. The quantitative estimate of drug-likeness (QED) is 0.569. The molecule has 2 rings (SSSR count). The van der Waals surface area contributed by atoms with Crippen molar-refractivity contribution in [2.24, 2.45) is 0 Å². The van der Waals surface area contributed by atoms with E-state index in [2.05, 4.69) is 0 Å². The summed E-state index contributed by atoms with van der Waals surface area (Å²) in [4.78, 5) is 0. The number of hydrogen-bond donors (Lipinski definition) is 0. The fourth-order valence-corrected chi connectivity index (χ4v) is 1.14. The van der Waals surface area contributed by atoms with Crippen molar-refractivity contribution in [1.29, 1.82) is 0 Å². The summed E-state index contributed by atoms with van der Waals surface area (Å²) < 4.78 is 48.3. The van der Waals surface area contributed by atoms with Crippen LogP contribution >= 0.6 is 0 Å². The second kappa shape index (κ2) is 4.20. The molecular weight excluding hydrogens is 209 g/mol. The number of halogens is 3. The Morgan fingerprint density at radius 2 is 1.87 bits per heavy atom. The van der Waals surface area contributed by atoms with Gasteiger partial charge in [0.05, 0.1) is 19.8 Å². The van der Waals surface area contributed by atoms with Crippen LogP contribution in [0.2, 0.25) is 0 Å². The van der Waals surface area contributed by atoms with Crippen LogP contribution in [0.15, 0.2) is 12.1 Å². The third-order valence-electron chi connectivity index (χ3n) is 2.05. The molecule has 1 aliphatic heterocycles. The van der Waals surface area contributed by atoms with Crippen LogP contribution < -0.4 is 0 Å². The van der Waals surface area contributed by atoms with Gasteiger partial charge < -0.3 is 9.47 Å². The van der Waals surface area contributed by atoms with E-state index < -0.39 is 17.5 Å². The smallest absolute Gasteiger partial charge is 0.161 e. The summed E-state index contributed by atoms with van der Waals surface area (Å²) in [5.41, 5.74) is 0.00884. The molecule has 0 spiro atoms. The molecule has 5 heteroatoms. The zero-order chi connectivity index (χ0) is 10.8. The monoisotopic (exact) mass is 218 g/mol. The Labute approximate surface area is 84.6 Å². The first-order valence-electron chi connectivity index (χ1n) is 4.49. The average molecular weight is 218 g/mol. The molecule has 1 fully saturated rings. The van der Waals surface area contributed by atoms with Gasteiger partial charge >= 0.3 is 0 Å². The van der Waals surface area contributed by atoms with Gasteiger partial charge in [-0.25, -0.2) is 13.2 Å². The molecule has 1 aliphatic rings. The Morgan fingerprint density at radius 3 is 2.53 bits per heavy atom. The van der Waals surface area contributed by atoms with E-state index in [1.807, 2.05) is 0 Å². The predicted molar refractivity (Wildman–Crippen MR) is 45.7 cm³/mol. The molecule has 0 radical (unpaired) electrons. The highest BCUT2D eigenvalue weighted by Crippen LogP contribution is 2.16. The second-order valence-corrected chi connectivity index (χ2v) is 3.33. The topological polar surface area (TPSA) is 21.8 Å². The molecule has 1 heterocycles. The largest absolute Gasteiger partial charge is 0.374 e. The lowest BCUT2D eigenvalue weighted by atomic mass is 10.2. The Balaban J connectivity index is 1.96. The number of rotatable bonds is 4. The van der Waals surface area contributed by atoms with E-state index in [1.165, 1.54) is 0 Å². The predicted octanol–water partition coefficient (Wildman–Crippen LogP) is 2.02. The number of epoxide rings is 1. The van der Waals surface area contributed by atoms with Crippen molar-refractivity contribution < 1.29 is 22.6 Å². The molecule has 82 valence electrons. The molecule has 2 nitrogen and oxygen atoms in total. The maximum Gasteiger partial charge on any atom is 0.161 e. The molecule has 1 unspecified atom stereocenters. The first-order chi connectivity index (χ1) is 7.16. The molecule has 0 bridgehead atoms. The van der Waals surface area contributed by atoms with Gasteiger partial charge in [0, 0.05) is 11.6 Å². The maximum absolute atomic E-state index is 13.1. The van der Waals surface area contributed by atoms with Crippen LogP contribution in [0.3, 0.4) is 0 Å². The Hall–Kier alpha value is -1.07. The lowest BCUT2D eigenvalue weighted by Crippen LogP contribution is -2.04.